The molecule has 3 aromatic heterocycles. The molecule has 1 amide bonds. The van der Waals surface area contributed by atoms with Crippen molar-refractivity contribution in [2.45, 2.75) is 13.0 Å². The summed E-state index contributed by atoms with van der Waals surface area (Å²) in [6, 6.07) is 1.38. The minimum absolute atomic E-state index is 0.0134. The number of hydrogen-bond donors (Lipinski definition) is 1. The van der Waals surface area contributed by atoms with Crippen LogP contribution in [0.5, 0.6) is 5.75 Å². The van der Waals surface area contributed by atoms with Gasteiger partial charge in [-0.3, -0.25) is 4.79 Å². The van der Waals surface area contributed by atoms with E-state index < -0.39 is 5.91 Å². The molecule has 154 valence electrons. The van der Waals surface area contributed by atoms with Gasteiger partial charge in [0.1, 0.15) is 12.4 Å². The minimum atomic E-state index is -0.445. The maximum atomic E-state index is 12.8. The molecule has 11 heteroatoms. The summed E-state index contributed by atoms with van der Waals surface area (Å²) in [6.45, 7) is 2.51. The summed E-state index contributed by atoms with van der Waals surface area (Å²) in [5.74, 6) is 1.38. The maximum absolute atomic E-state index is 12.8. The van der Waals surface area contributed by atoms with Crippen molar-refractivity contribution in [2.75, 3.05) is 25.1 Å². The lowest BCUT2D eigenvalue weighted by Gasteiger charge is -2.21. The zero-order valence-electron chi connectivity index (χ0n) is 16.1. The molecule has 1 N–H and O–H groups in total. The van der Waals surface area contributed by atoms with E-state index >= 15 is 0 Å². The Labute approximate surface area is 182 Å². The van der Waals surface area contributed by atoms with Crippen LogP contribution in [-0.2, 0) is 0 Å². The third-order valence-electron chi connectivity index (χ3n) is 4.43. The molecular formula is C19H17Cl2N7O2. The number of nitrogens with one attached hydrogen (secondary N) is 1. The van der Waals surface area contributed by atoms with E-state index in [4.69, 9.17) is 27.9 Å². The molecule has 0 aromatic carbocycles. The summed E-state index contributed by atoms with van der Waals surface area (Å²) < 4.78 is 5.79. The summed E-state index contributed by atoms with van der Waals surface area (Å²) >= 11 is 12.2. The van der Waals surface area contributed by atoms with Crippen molar-refractivity contribution in [2.24, 2.45) is 0 Å². The van der Waals surface area contributed by atoms with Crippen LogP contribution in [0.4, 0.5) is 5.82 Å². The summed E-state index contributed by atoms with van der Waals surface area (Å²) in [5.41, 5.74) is 0.982. The molecule has 0 spiro atoms. The quantitative estimate of drug-likeness (QED) is 0.655. The highest BCUT2D eigenvalue weighted by Crippen LogP contribution is 2.30. The van der Waals surface area contributed by atoms with Gasteiger partial charge in [-0.25, -0.2) is 24.9 Å². The second kappa shape index (κ2) is 8.37. The van der Waals surface area contributed by atoms with Gasteiger partial charge < -0.3 is 15.0 Å². The van der Waals surface area contributed by atoms with Gasteiger partial charge in [0.2, 0.25) is 5.82 Å². The van der Waals surface area contributed by atoms with Gasteiger partial charge in [0.05, 0.1) is 28.0 Å². The van der Waals surface area contributed by atoms with Crippen molar-refractivity contribution < 1.29 is 9.53 Å². The average molecular weight is 446 g/mol. The molecule has 1 aliphatic rings. The van der Waals surface area contributed by atoms with Crippen molar-refractivity contribution in [1.82, 2.24) is 30.2 Å². The molecule has 9 nitrogen and oxygen atoms in total. The number of rotatable bonds is 3. The normalized spacial score (nSPS) is 15.7. The first kappa shape index (κ1) is 20.2. The van der Waals surface area contributed by atoms with Crippen molar-refractivity contribution >= 4 is 34.9 Å². The molecule has 30 heavy (non-hydrogen) atoms. The minimum Gasteiger partial charge on any atom is -0.487 e. The number of anilines is 1. The van der Waals surface area contributed by atoms with Gasteiger partial charge in [0, 0.05) is 43.8 Å². The van der Waals surface area contributed by atoms with Gasteiger partial charge in [0.25, 0.3) is 5.91 Å². The average Bonchev–Trinajstić information content (AvgIpc) is 2.87. The second-order valence-electron chi connectivity index (χ2n) is 6.75. The molecule has 0 saturated heterocycles. The lowest BCUT2D eigenvalue weighted by Crippen LogP contribution is -2.45. The summed E-state index contributed by atoms with van der Waals surface area (Å²) in [6.07, 6.45) is 6.14. The number of amides is 1. The van der Waals surface area contributed by atoms with Crippen molar-refractivity contribution in [1.29, 1.82) is 0 Å². The molecule has 0 fully saturated rings. The van der Waals surface area contributed by atoms with E-state index in [2.05, 4.69) is 30.2 Å². The van der Waals surface area contributed by atoms with Crippen LogP contribution in [0.2, 0.25) is 10.0 Å². The second-order valence-corrected chi connectivity index (χ2v) is 7.59. The van der Waals surface area contributed by atoms with E-state index in [9.17, 15) is 4.79 Å². The van der Waals surface area contributed by atoms with Gasteiger partial charge in [-0.1, -0.05) is 23.2 Å². The largest absolute Gasteiger partial charge is 0.487 e. The molecular weight excluding hydrogens is 429 g/mol. The molecule has 0 radical (unpaired) electrons. The van der Waals surface area contributed by atoms with Gasteiger partial charge in [0.15, 0.2) is 11.6 Å². The van der Waals surface area contributed by atoms with Gasteiger partial charge >= 0.3 is 0 Å². The fourth-order valence-corrected chi connectivity index (χ4v) is 3.35. The van der Waals surface area contributed by atoms with Gasteiger partial charge in [-0.15, -0.1) is 0 Å². The molecule has 0 bridgehead atoms. The predicted molar refractivity (Wildman–Crippen MR) is 112 cm³/mol. The Bertz CT molecular complexity index is 1090. The maximum Gasteiger partial charge on any atom is 0.289 e. The number of ether oxygens (including phenoxy) is 1. The van der Waals surface area contributed by atoms with Crippen molar-refractivity contribution in [3.8, 4) is 17.0 Å². The van der Waals surface area contributed by atoms with E-state index in [1.165, 1.54) is 6.20 Å². The lowest BCUT2D eigenvalue weighted by atomic mass is 10.2. The zero-order valence-corrected chi connectivity index (χ0v) is 17.6. The number of nitrogens with zero attached hydrogens (tertiary/aromatic N) is 6. The van der Waals surface area contributed by atoms with Crippen LogP contribution < -0.4 is 15.0 Å². The number of carbonyl (C=O) groups is 1. The molecule has 3 aromatic rings. The number of aryl methyl sites for hydroxylation is 1. The van der Waals surface area contributed by atoms with Crippen molar-refractivity contribution in [3.63, 3.8) is 0 Å². The number of likely N-dealkylation sites (N-methyl/N-ethyl adjacent to an activating group) is 1. The lowest BCUT2D eigenvalue weighted by molar-refractivity contribution is 0.0915. The Morgan fingerprint density at radius 1 is 1.17 bits per heavy atom. The van der Waals surface area contributed by atoms with Gasteiger partial charge in [-0.2, -0.15) is 0 Å². The van der Waals surface area contributed by atoms with E-state index in [0.29, 0.717) is 45.2 Å². The van der Waals surface area contributed by atoms with Crippen molar-refractivity contribution in [3.05, 3.63) is 52.5 Å². The smallest absolute Gasteiger partial charge is 0.289 e. The number of fused-ring (bicyclic) bond motifs is 1. The third kappa shape index (κ3) is 4.27. The Balaban J connectivity index is 1.52. The van der Waals surface area contributed by atoms with Crippen LogP contribution in [0.1, 0.15) is 16.4 Å². The molecule has 1 atom stereocenters. The van der Waals surface area contributed by atoms with Crippen LogP contribution >= 0.6 is 23.2 Å². The standard InChI is InChI=1S/C19H17Cl2N7O2/c1-10-22-4-11(5-23-10)16-14(21)7-24-17(27-16)19(29)26-13-8-28(2)18-15(30-9-13)3-12(20)6-25-18/h3-7,13H,8-9H2,1-2H3,(H,26,29). The first-order chi connectivity index (χ1) is 14.4. The first-order valence-electron chi connectivity index (χ1n) is 9.02. The third-order valence-corrected chi connectivity index (χ3v) is 4.92. The first-order valence-corrected chi connectivity index (χ1v) is 9.78. The number of halogens is 2. The SMILES string of the molecule is Cc1ncc(-c2nc(C(=O)NC3COc4cc(Cl)cnc4N(C)C3)ncc2Cl)cn1. The van der Waals surface area contributed by atoms with Crippen LogP contribution in [-0.4, -0.2) is 57.1 Å². The van der Waals surface area contributed by atoms with E-state index in [0.717, 1.165) is 0 Å². The summed E-state index contributed by atoms with van der Waals surface area (Å²) in [4.78, 5) is 35.6. The number of aromatic nitrogens is 5. The Kier molecular flexibility index (Phi) is 5.65. The molecule has 4 heterocycles. The molecule has 4 rings (SSSR count). The molecule has 0 saturated carbocycles. The predicted octanol–water partition coefficient (Wildman–Crippen LogP) is 2.57. The van der Waals surface area contributed by atoms with Gasteiger partial charge in [-0.05, 0) is 6.92 Å². The highest BCUT2D eigenvalue weighted by atomic mass is 35.5. The Hall–Kier alpha value is -3.04. The highest BCUT2D eigenvalue weighted by Gasteiger charge is 2.25. The van der Waals surface area contributed by atoms with E-state index in [-0.39, 0.29) is 18.5 Å². The zero-order chi connectivity index (χ0) is 21.3. The van der Waals surface area contributed by atoms with E-state index in [1.807, 2.05) is 11.9 Å². The van der Waals surface area contributed by atoms with Crippen LogP contribution in [0, 0.1) is 6.92 Å². The number of carbonyl (C=O) groups excluding carboxylic acids is 1. The Morgan fingerprint density at radius 2 is 1.93 bits per heavy atom. The molecule has 1 unspecified atom stereocenters. The molecule has 0 aliphatic carbocycles. The fraction of sp³-hybridized carbons (Fsp3) is 0.263. The monoisotopic (exact) mass is 445 g/mol. The van der Waals surface area contributed by atoms with Crippen LogP contribution in [0.25, 0.3) is 11.3 Å². The van der Waals surface area contributed by atoms with E-state index in [1.54, 1.807) is 31.6 Å². The van der Waals surface area contributed by atoms with Crippen LogP contribution in [0.3, 0.4) is 0 Å². The molecule has 1 aliphatic heterocycles. The topological polar surface area (TPSA) is 106 Å². The highest BCUT2D eigenvalue weighted by molar-refractivity contribution is 6.33. The summed E-state index contributed by atoms with van der Waals surface area (Å²) in [5, 5.41) is 3.68. The van der Waals surface area contributed by atoms with Crippen LogP contribution in [0.15, 0.2) is 30.9 Å². The number of hydrogen-bond acceptors (Lipinski definition) is 8. The summed E-state index contributed by atoms with van der Waals surface area (Å²) in [7, 11) is 1.86. The number of pyridine rings is 1. The Morgan fingerprint density at radius 3 is 2.70 bits per heavy atom. The fourth-order valence-electron chi connectivity index (χ4n) is 3.00.